The van der Waals surface area contributed by atoms with E-state index in [1.165, 1.54) is 0 Å². The number of H-pyrrole nitrogens is 1. The Morgan fingerprint density at radius 3 is 2.79 bits per heavy atom. The number of amides is 1. The van der Waals surface area contributed by atoms with Crippen LogP contribution in [0.2, 0.25) is 0 Å². The molecule has 5 nitrogen and oxygen atoms in total. The Hall–Kier alpha value is -2.53. The lowest BCUT2D eigenvalue weighted by Gasteiger charge is -2.35. The van der Waals surface area contributed by atoms with Crippen LogP contribution in [0.15, 0.2) is 48.7 Å². The van der Waals surface area contributed by atoms with Crippen molar-refractivity contribution in [3.05, 3.63) is 59.8 Å². The average Bonchev–Trinajstić information content (AvgIpc) is 3.10. The quantitative estimate of drug-likeness (QED) is 0.568. The van der Waals surface area contributed by atoms with E-state index in [0.717, 1.165) is 27.7 Å². The number of alkyl halides is 1. The van der Waals surface area contributed by atoms with Gasteiger partial charge in [-0.3, -0.25) is 9.89 Å². The molecule has 6 heteroatoms. The summed E-state index contributed by atoms with van der Waals surface area (Å²) in [6.45, 7) is 0. The highest BCUT2D eigenvalue weighted by molar-refractivity contribution is 6.29. The maximum absolute atomic E-state index is 12.3. The topological polar surface area (TPSA) is 75.0 Å². The molecule has 0 saturated heterocycles. The Bertz CT molecular complexity index is 923. The number of hydrogen-bond donors (Lipinski definition) is 2. The maximum Gasteiger partial charge on any atom is 0.228 e. The molecule has 2 aromatic carbocycles. The van der Waals surface area contributed by atoms with Crippen LogP contribution >= 0.6 is 11.6 Å². The van der Waals surface area contributed by atoms with Crippen LogP contribution in [0.5, 0.6) is 0 Å². The molecule has 1 aliphatic heterocycles. The van der Waals surface area contributed by atoms with Gasteiger partial charge in [-0.1, -0.05) is 48.0 Å². The number of halogens is 1. The Balaban J connectivity index is 1.89. The van der Waals surface area contributed by atoms with Gasteiger partial charge in [-0.15, -0.1) is 0 Å². The zero-order chi connectivity index (χ0) is 16.9. The highest BCUT2D eigenvalue weighted by Gasteiger charge is 2.52. The summed E-state index contributed by atoms with van der Waals surface area (Å²) in [6, 6.07) is 13.7. The third-order valence-corrected chi connectivity index (χ3v) is 5.46. The molecule has 2 unspecified atom stereocenters. The molecule has 24 heavy (non-hydrogen) atoms. The summed E-state index contributed by atoms with van der Waals surface area (Å²) in [4.78, 5) is 13.3. The van der Waals surface area contributed by atoms with Crippen LogP contribution in [-0.2, 0) is 11.2 Å². The molecule has 0 bridgehead atoms. The first kappa shape index (κ1) is 15.0. The summed E-state index contributed by atoms with van der Waals surface area (Å²) in [5, 5.41) is 8.00. The number of fused-ring (bicyclic) bond motifs is 3. The Morgan fingerprint density at radius 1 is 1.33 bits per heavy atom. The fraction of sp³-hybridized carbons (Fsp3) is 0.222. The molecule has 122 valence electrons. The number of nitrogens with zero attached hydrogens (tertiary/aromatic N) is 2. The van der Waals surface area contributed by atoms with Gasteiger partial charge in [0.15, 0.2) is 0 Å². The van der Waals surface area contributed by atoms with E-state index >= 15 is 0 Å². The number of nitrogens with two attached hydrogens (primary N) is 1. The van der Waals surface area contributed by atoms with Gasteiger partial charge in [0.1, 0.15) is 10.9 Å². The SMILES string of the molecule is CN1c2c(ccc3[nH]ncc23)C(C(N)=O)C1(Cl)Cc1ccccc1. The van der Waals surface area contributed by atoms with Crippen molar-refractivity contribution < 1.29 is 4.79 Å². The van der Waals surface area contributed by atoms with E-state index in [0.29, 0.717) is 6.42 Å². The summed E-state index contributed by atoms with van der Waals surface area (Å²) < 4.78 is 0. The first-order chi connectivity index (χ1) is 11.5. The van der Waals surface area contributed by atoms with Gasteiger partial charge in [-0.2, -0.15) is 5.10 Å². The molecule has 1 aromatic heterocycles. The predicted octanol–water partition coefficient (Wildman–Crippen LogP) is 2.76. The predicted molar refractivity (Wildman–Crippen MR) is 95.2 cm³/mol. The highest BCUT2D eigenvalue weighted by Crippen LogP contribution is 2.52. The number of anilines is 1. The molecule has 0 saturated carbocycles. The van der Waals surface area contributed by atoms with Gasteiger partial charge < -0.3 is 10.6 Å². The second-order valence-electron chi connectivity index (χ2n) is 6.21. The summed E-state index contributed by atoms with van der Waals surface area (Å²) in [6.07, 6.45) is 2.27. The third-order valence-electron chi connectivity index (χ3n) is 4.85. The van der Waals surface area contributed by atoms with Crippen LogP contribution < -0.4 is 10.6 Å². The van der Waals surface area contributed by atoms with Gasteiger partial charge >= 0.3 is 0 Å². The lowest BCUT2D eigenvalue weighted by atomic mass is 9.89. The summed E-state index contributed by atoms with van der Waals surface area (Å²) in [7, 11) is 1.91. The fourth-order valence-electron chi connectivity index (χ4n) is 3.72. The molecule has 0 radical (unpaired) electrons. The van der Waals surface area contributed by atoms with Crippen LogP contribution in [0.25, 0.3) is 10.9 Å². The second kappa shape index (κ2) is 5.24. The Labute approximate surface area is 144 Å². The monoisotopic (exact) mass is 340 g/mol. The lowest BCUT2D eigenvalue weighted by Crippen LogP contribution is -2.47. The highest BCUT2D eigenvalue weighted by atomic mass is 35.5. The minimum absolute atomic E-state index is 0.422. The van der Waals surface area contributed by atoms with Crippen LogP contribution in [-0.4, -0.2) is 28.2 Å². The molecule has 3 aromatic rings. The smallest absolute Gasteiger partial charge is 0.228 e. The number of carbonyl (C=O) groups is 1. The van der Waals surface area contributed by atoms with Crippen molar-refractivity contribution in [3.8, 4) is 0 Å². The summed E-state index contributed by atoms with van der Waals surface area (Å²) in [5.74, 6) is -1.02. The Morgan fingerprint density at radius 2 is 2.08 bits per heavy atom. The first-order valence-corrected chi connectivity index (χ1v) is 8.12. The van der Waals surface area contributed by atoms with E-state index < -0.39 is 16.8 Å². The molecule has 3 N–H and O–H groups in total. The average molecular weight is 341 g/mol. The van der Waals surface area contributed by atoms with Crippen LogP contribution in [0.1, 0.15) is 17.0 Å². The molecule has 0 aliphatic carbocycles. The standard InChI is InChI=1S/C18H17ClN4O/c1-23-16-12(7-8-14-13(16)10-21-22-14)15(17(20)24)18(23,19)9-11-5-3-2-4-6-11/h2-8,10,15H,9H2,1H3,(H2,20,24)(H,21,22). The fourth-order valence-corrected chi connectivity index (χ4v) is 4.18. The van der Waals surface area contributed by atoms with Crippen LogP contribution in [0.3, 0.4) is 0 Å². The number of likely N-dealkylation sites (N-methyl/N-ethyl adjacent to an activating group) is 1. The van der Waals surface area contributed by atoms with Gasteiger partial charge in [-0.25, -0.2) is 0 Å². The molecule has 2 atom stereocenters. The molecular formula is C18H17ClN4O. The van der Waals surface area contributed by atoms with Crippen LogP contribution in [0, 0.1) is 0 Å². The van der Waals surface area contributed by atoms with E-state index in [1.54, 1.807) is 6.20 Å². The number of hydrogen-bond acceptors (Lipinski definition) is 3. The number of benzene rings is 2. The lowest BCUT2D eigenvalue weighted by molar-refractivity contribution is -0.120. The first-order valence-electron chi connectivity index (χ1n) is 7.74. The number of primary amides is 1. The maximum atomic E-state index is 12.3. The van der Waals surface area contributed by atoms with Crippen molar-refractivity contribution in [1.29, 1.82) is 0 Å². The summed E-state index contributed by atoms with van der Waals surface area (Å²) in [5.41, 5.74) is 9.48. The van der Waals surface area contributed by atoms with E-state index in [9.17, 15) is 4.79 Å². The Kier molecular flexibility index (Phi) is 3.28. The minimum Gasteiger partial charge on any atom is -0.369 e. The third kappa shape index (κ3) is 2.01. The molecule has 2 heterocycles. The molecule has 0 spiro atoms. The number of carbonyl (C=O) groups excluding carboxylic acids is 1. The van der Waals surface area contributed by atoms with Crippen molar-refractivity contribution in [2.75, 3.05) is 11.9 Å². The molecule has 1 aliphatic rings. The molecule has 0 fully saturated rings. The van der Waals surface area contributed by atoms with E-state index in [2.05, 4.69) is 10.2 Å². The molecular weight excluding hydrogens is 324 g/mol. The van der Waals surface area contributed by atoms with Gasteiger partial charge in [0.2, 0.25) is 5.91 Å². The van der Waals surface area contributed by atoms with E-state index in [1.807, 2.05) is 54.4 Å². The van der Waals surface area contributed by atoms with Crippen molar-refractivity contribution in [3.63, 3.8) is 0 Å². The van der Waals surface area contributed by atoms with Crippen molar-refractivity contribution >= 4 is 34.1 Å². The normalized spacial score (nSPS) is 22.8. The van der Waals surface area contributed by atoms with E-state index in [-0.39, 0.29) is 0 Å². The number of nitrogens with one attached hydrogen (secondary N) is 1. The molecule has 1 amide bonds. The summed E-state index contributed by atoms with van der Waals surface area (Å²) >= 11 is 7.04. The van der Waals surface area contributed by atoms with Crippen molar-refractivity contribution in [1.82, 2.24) is 10.2 Å². The zero-order valence-electron chi connectivity index (χ0n) is 13.2. The number of rotatable bonds is 3. The van der Waals surface area contributed by atoms with Crippen LogP contribution in [0.4, 0.5) is 5.69 Å². The van der Waals surface area contributed by atoms with Crippen molar-refractivity contribution in [2.24, 2.45) is 5.73 Å². The second-order valence-corrected chi connectivity index (χ2v) is 6.86. The minimum atomic E-state index is -0.943. The zero-order valence-corrected chi connectivity index (χ0v) is 13.9. The van der Waals surface area contributed by atoms with Gasteiger partial charge in [0, 0.05) is 18.9 Å². The van der Waals surface area contributed by atoms with Gasteiger partial charge in [0.05, 0.1) is 17.4 Å². The van der Waals surface area contributed by atoms with Gasteiger partial charge in [-0.05, 0) is 17.2 Å². The largest absolute Gasteiger partial charge is 0.369 e. The number of aromatic nitrogens is 2. The number of aromatic amines is 1. The van der Waals surface area contributed by atoms with Gasteiger partial charge in [0.25, 0.3) is 0 Å². The van der Waals surface area contributed by atoms with E-state index in [4.69, 9.17) is 17.3 Å². The molecule has 4 rings (SSSR count). The van der Waals surface area contributed by atoms with Crippen molar-refractivity contribution in [2.45, 2.75) is 17.3 Å².